The zero-order chi connectivity index (χ0) is 21.6. The Morgan fingerprint density at radius 2 is 1.71 bits per heavy atom. The van der Waals surface area contributed by atoms with Crippen LogP contribution in [0.2, 0.25) is 10.0 Å². The van der Waals surface area contributed by atoms with E-state index in [1.54, 1.807) is 18.3 Å². The minimum Gasteiger partial charge on any atom is -0.381 e. The van der Waals surface area contributed by atoms with Gasteiger partial charge in [-0.05, 0) is 43.6 Å². The van der Waals surface area contributed by atoms with Gasteiger partial charge in [0.25, 0.3) is 0 Å². The average molecular weight is 457 g/mol. The Morgan fingerprint density at radius 3 is 2.42 bits per heavy atom. The lowest BCUT2D eigenvalue weighted by Crippen LogP contribution is -2.39. The number of rotatable bonds is 7. The largest absolute Gasteiger partial charge is 0.381 e. The van der Waals surface area contributed by atoms with Crippen molar-refractivity contribution in [2.24, 2.45) is 0 Å². The number of nitrogen functional groups attached to an aromatic ring is 1. The van der Waals surface area contributed by atoms with Gasteiger partial charge in [-0.3, -0.25) is 0 Å². The van der Waals surface area contributed by atoms with E-state index in [2.05, 4.69) is 50.2 Å². The first-order valence-corrected chi connectivity index (χ1v) is 11.2. The van der Waals surface area contributed by atoms with Crippen molar-refractivity contribution >= 4 is 34.8 Å². The zero-order valence-corrected chi connectivity index (χ0v) is 18.7. The molecule has 0 amide bonds. The fourth-order valence-corrected chi connectivity index (χ4v) is 4.15. The standard InChI is InChI=1S/C23H26Cl2N6/c24-19-2-1-3-20(25)18(19)13-30-23-22(26)29-14-21(31-23)16-6-4-15(5-7-16)12-28-17-8-10-27-11-9-17/h1-7,14,17,27-28H,8-13H2,(H2,26,29)(H,30,31). The summed E-state index contributed by atoms with van der Waals surface area (Å²) in [6.07, 6.45) is 4.04. The Kier molecular flexibility index (Phi) is 7.25. The molecule has 2 aromatic carbocycles. The van der Waals surface area contributed by atoms with Gasteiger partial charge < -0.3 is 21.7 Å². The molecule has 0 bridgehead atoms. The summed E-state index contributed by atoms with van der Waals surface area (Å²) in [6.45, 7) is 3.45. The molecule has 1 aliphatic rings. The van der Waals surface area contributed by atoms with Gasteiger partial charge in [0.1, 0.15) is 0 Å². The smallest absolute Gasteiger partial charge is 0.169 e. The third-order valence-corrected chi connectivity index (χ3v) is 6.19. The Labute approximate surface area is 192 Å². The zero-order valence-electron chi connectivity index (χ0n) is 17.2. The number of halogens is 2. The third kappa shape index (κ3) is 5.66. The highest BCUT2D eigenvalue weighted by atomic mass is 35.5. The van der Waals surface area contributed by atoms with Crippen LogP contribution in [0.15, 0.2) is 48.7 Å². The molecule has 1 fully saturated rings. The van der Waals surface area contributed by atoms with Gasteiger partial charge in [-0.25, -0.2) is 9.97 Å². The second-order valence-electron chi connectivity index (χ2n) is 7.64. The minimum atomic E-state index is 0.328. The van der Waals surface area contributed by atoms with Crippen molar-refractivity contribution in [3.8, 4) is 11.3 Å². The Balaban J connectivity index is 1.42. The quantitative estimate of drug-likeness (QED) is 0.418. The van der Waals surface area contributed by atoms with Crippen LogP contribution in [-0.2, 0) is 13.1 Å². The molecule has 1 saturated heterocycles. The summed E-state index contributed by atoms with van der Waals surface area (Å²) in [4.78, 5) is 8.96. The summed E-state index contributed by atoms with van der Waals surface area (Å²) < 4.78 is 0. The highest BCUT2D eigenvalue weighted by molar-refractivity contribution is 6.36. The van der Waals surface area contributed by atoms with E-state index >= 15 is 0 Å². The van der Waals surface area contributed by atoms with Gasteiger partial charge in [0.2, 0.25) is 0 Å². The highest BCUT2D eigenvalue weighted by Gasteiger charge is 2.12. The molecule has 3 aromatic rings. The predicted octanol–water partition coefficient (Wildman–Crippen LogP) is 4.49. The van der Waals surface area contributed by atoms with Crippen LogP contribution >= 0.6 is 23.2 Å². The molecule has 0 saturated carbocycles. The van der Waals surface area contributed by atoms with Gasteiger partial charge >= 0.3 is 0 Å². The number of benzene rings is 2. The van der Waals surface area contributed by atoms with E-state index in [1.807, 2.05) is 6.07 Å². The lowest BCUT2D eigenvalue weighted by molar-refractivity contribution is 0.386. The number of anilines is 2. The highest BCUT2D eigenvalue weighted by Crippen LogP contribution is 2.27. The van der Waals surface area contributed by atoms with Crippen LogP contribution < -0.4 is 21.7 Å². The molecule has 0 unspecified atom stereocenters. The number of aromatic nitrogens is 2. The molecule has 0 radical (unpaired) electrons. The van der Waals surface area contributed by atoms with E-state index in [0.29, 0.717) is 34.3 Å². The fraction of sp³-hybridized carbons (Fsp3) is 0.304. The number of hydrogen-bond donors (Lipinski definition) is 4. The lowest BCUT2D eigenvalue weighted by atomic mass is 10.1. The van der Waals surface area contributed by atoms with Gasteiger partial charge in [-0.15, -0.1) is 0 Å². The fourth-order valence-electron chi connectivity index (χ4n) is 3.62. The summed E-state index contributed by atoms with van der Waals surface area (Å²) in [6, 6.07) is 14.4. The maximum absolute atomic E-state index is 6.25. The molecule has 5 N–H and O–H groups in total. The van der Waals surface area contributed by atoms with Crippen molar-refractivity contribution in [2.45, 2.75) is 32.0 Å². The Morgan fingerprint density at radius 1 is 1.00 bits per heavy atom. The Hall–Kier alpha value is -2.38. The third-order valence-electron chi connectivity index (χ3n) is 5.48. The summed E-state index contributed by atoms with van der Waals surface area (Å²) >= 11 is 12.5. The first kappa shape index (κ1) is 21.8. The number of nitrogens with two attached hydrogens (primary N) is 1. The van der Waals surface area contributed by atoms with Crippen LogP contribution in [0.3, 0.4) is 0 Å². The molecular formula is C23H26Cl2N6. The van der Waals surface area contributed by atoms with E-state index in [0.717, 1.165) is 36.5 Å². The van der Waals surface area contributed by atoms with Gasteiger partial charge in [0.15, 0.2) is 11.6 Å². The van der Waals surface area contributed by atoms with Crippen LogP contribution in [0.4, 0.5) is 11.6 Å². The second kappa shape index (κ2) is 10.3. The summed E-state index contributed by atoms with van der Waals surface area (Å²) in [5, 5.41) is 11.4. The van der Waals surface area contributed by atoms with Gasteiger partial charge in [0, 0.05) is 40.3 Å². The number of piperidine rings is 1. The molecule has 2 heterocycles. The summed E-state index contributed by atoms with van der Waals surface area (Å²) in [7, 11) is 0. The number of nitrogens with zero attached hydrogens (tertiary/aromatic N) is 2. The summed E-state index contributed by atoms with van der Waals surface area (Å²) in [5.41, 5.74) is 9.80. The molecule has 1 aliphatic heterocycles. The maximum Gasteiger partial charge on any atom is 0.169 e. The molecule has 8 heteroatoms. The normalized spacial score (nSPS) is 14.5. The SMILES string of the molecule is Nc1ncc(-c2ccc(CNC3CCNCC3)cc2)nc1NCc1c(Cl)cccc1Cl. The van der Waals surface area contributed by atoms with Crippen LogP contribution in [0.25, 0.3) is 11.3 Å². The van der Waals surface area contributed by atoms with E-state index in [4.69, 9.17) is 28.9 Å². The van der Waals surface area contributed by atoms with Gasteiger partial charge in [-0.2, -0.15) is 0 Å². The molecular weight excluding hydrogens is 431 g/mol. The van der Waals surface area contributed by atoms with E-state index < -0.39 is 0 Å². The van der Waals surface area contributed by atoms with E-state index in [1.165, 1.54) is 18.4 Å². The molecule has 1 aromatic heterocycles. The molecule has 162 valence electrons. The van der Waals surface area contributed by atoms with Gasteiger partial charge in [0.05, 0.1) is 11.9 Å². The van der Waals surface area contributed by atoms with Crippen LogP contribution in [0.5, 0.6) is 0 Å². The van der Waals surface area contributed by atoms with Crippen molar-refractivity contribution in [3.63, 3.8) is 0 Å². The molecule has 6 nitrogen and oxygen atoms in total. The van der Waals surface area contributed by atoms with Crippen molar-refractivity contribution in [1.29, 1.82) is 0 Å². The first-order chi connectivity index (χ1) is 15.1. The predicted molar refractivity (Wildman–Crippen MR) is 128 cm³/mol. The number of nitrogens with one attached hydrogen (secondary N) is 3. The monoisotopic (exact) mass is 456 g/mol. The number of hydrogen-bond acceptors (Lipinski definition) is 6. The van der Waals surface area contributed by atoms with Crippen molar-refractivity contribution in [3.05, 3.63) is 69.8 Å². The molecule has 0 atom stereocenters. The average Bonchev–Trinajstić information content (AvgIpc) is 2.79. The molecule has 31 heavy (non-hydrogen) atoms. The summed E-state index contributed by atoms with van der Waals surface area (Å²) in [5.74, 6) is 0.833. The van der Waals surface area contributed by atoms with Crippen LogP contribution in [0, 0.1) is 0 Å². The van der Waals surface area contributed by atoms with Crippen molar-refractivity contribution in [1.82, 2.24) is 20.6 Å². The van der Waals surface area contributed by atoms with Gasteiger partial charge in [-0.1, -0.05) is 53.5 Å². The maximum atomic E-state index is 6.25. The molecule has 4 rings (SSSR count). The van der Waals surface area contributed by atoms with Crippen LogP contribution in [-0.4, -0.2) is 29.1 Å². The first-order valence-electron chi connectivity index (χ1n) is 10.4. The van der Waals surface area contributed by atoms with E-state index in [-0.39, 0.29) is 0 Å². The van der Waals surface area contributed by atoms with Crippen LogP contribution in [0.1, 0.15) is 24.0 Å². The molecule has 0 spiro atoms. The second-order valence-corrected chi connectivity index (χ2v) is 8.46. The topological polar surface area (TPSA) is 87.9 Å². The minimum absolute atomic E-state index is 0.328. The van der Waals surface area contributed by atoms with Crippen molar-refractivity contribution in [2.75, 3.05) is 24.1 Å². The molecule has 0 aliphatic carbocycles. The van der Waals surface area contributed by atoms with E-state index in [9.17, 15) is 0 Å². The van der Waals surface area contributed by atoms with Crippen molar-refractivity contribution < 1.29 is 0 Å². The lowest BCUT2D eigenvalue weighted by Gasteiger charge is -2.23. The Bertz CT molecular complexity index is 999.